The standard InChI is InChI=1S/C20H26N2O4/c23-18-12-17(20(26-18)7-1-2-8-20)19(24)22-10-5-16(6-11-22)25-14-15-4-3-9-21-13-15/h3-4,9,13,16-17H,1-2,5-8,10-12,14H2. The summed E-state index contributed by atoms with van der Waals surface area (Å²) in [6.45, 7) is 1.94. The molecule has 140 valence electrons. The van der Waals surface area contributed by atoms with Crippen molar-refractivity contribution in [2.75, 3.05) is 13.1 Å². The molecule has 26 heavy (non-hydrogen) atoms. The number of likely N-dealkylation sites (tertiary alicyclic amines) is 1. The Morgan fingerprint density at radius 2 is 2.08 bits per heavy atom. The number of ether oxygens (including phenoxy) is 2. The number of carbonyl (C=O) groups excluding carboxylic acids is 2. The molecule has 1 spiro atoms. The maximum Gasteiger partial charge on any atom is 0.307 e. The zero-order valence-electron chi connectivity index (χ0n) is 15.1. The fourth-order valence-corrected chi connectivity index (χ4v) is 4.59. The largest absolute Gasteiger partial charge is 0.458 e. The molecule has 0 N–H and O–H groups in total. The summed E-state index contributed by atoms with van der Waals surface area (Å²) in [6.07, 6.45) is 9.40. The molecule has 0 aromatic carbocycles. The van der Waals surface area contributed by atoms with Crippen LogP contribution in [0.3, 0.4) is 0 Å². The number of nitrogens with zero attached hydrogens (tertiary/aromatic N) is 2. The monoisotopic (exact) mass is 358 g/mol. The second kappa shape index (κ2) is 7.35. The normalized spacial score (nSPS) is 25.6. The van der Waals surface area contributed by atoms with Crippen LogP contribution in [-0.4, -0.2) is 46.6 Å². The molecule has 0 bridgehead atoms. The van der Waals surface area contributed by atoms with Crippen molar-refractivity contribution >= 4 is 11.9 Å². The highest BCUT2D eigenvalue weighted by atomic mass is 16.6. The van der Waals surface area contributed by atoms with Crippen LogP contribution >= 0.6 is 0 Å². The maximum atomic E-state index is 13.0. The average molecular weight is 358 g/mol. The molecule has 1 amide bonds. The molecule has 6 heteroatoms. The van der Waals surface area contributed by atoms with E-state index in [0.29, 0.717) is 19.7 Å². The predicted octanol–water partition coefficient (Wildman–Crippen LogP) is 2.47. The number of hydrogen-bond acceptors (Lipinski definition) is 5. The number of aromatic nitrogens is 1. The highest BCUT2D eigenvalue weighted by molar-refractivity contribution is 5.88. The molecule has 1 unspecified atom stereocenters. The van der Waals surface area contributed by atoms with Gasteiger partial charge in [0.05, 0.1) is 25.0 Å². The third kappa shape index (κ3) is 3.47. The summed E-state index contributed by atoms with van der Waals surface area (Å²) in [5, 5.41) is 0. The van der Waals surface area contributed by atoms with Crippen molar-refractivity contribution < 1.29 is 19.1 Å². The first-order valence-electron chi connectivity index (χ1n) is 9.67. The van der Waals surface area contributed by atoms with Gasteiger partial charge in [0, 0.05) is 25.5 Å². The van der Waals surface area contributed by atoms with Gasteiger partial charge in [0.2, 0.25) is 5.91 Å². The van der Waals surface area contributed by atoms with Gasteiger partial charge in [-0.05, 0) is 50.2 Å². The lowest BCUT2D eigenvalue weighted by Crippen LogP contribution is -2.48. The van der Waals surface area contributed by atoms with Crippen molar-refractivity contribution in [1.29, 1.82) is 0 Å². The fourth-order valence-electron chi connectivity index (χ4n) is 4.59. The lowest BCUT2D eigenvalue weighted by Gasteiger charge is -2.36. The molecule has 1 aliphatic carbocycles. The summed E-state index contributed by atoms with van der Waals surface area (Å²) >= 11 is 0. The Balaban J connectivity index is 1.30. The topological polar surface area (TPSA) is 68.7 Å². The Morgan fingerprint density at radius 1 is 1.31 bits per heavy atom. The average Bonchev–Trinajstić information content (AvgIpc) is 3.27. The number of hydrogen-bond donors (Lipinski definition) is 0. The zero-order chi connectivity index (χ0) is 18.0. The number of pyridine rings is 1. The van der Waals surface area contributed by atoms with E-state index < -0.39 is 5.60 Å². The molecule has 3 heterocycles. The SMILES string of the molecule is O=C1CC(C(=O)N2CCC(OCc3cccnc3)CC2)C2(CCCC2)O1. The van der Waals surface area contributed by atoms with E-state index in [1.807, 2.05) is 23.2 Å². The van der Waals surface area contributed by atoms with Crippen LogP contribution in [0.15, 0.2) is 24.5 Å². The van der Waals surface area contributed by atoms with Crippen LogP contribution < -0.4 is 0 Å². The van der Waals surface area contributed by atoms with E-state index in [1.165, 1.54) is 0 Å². The zero-order valence-corrected chi connectivity index (χ0v) is 15.1. The second-order valence-corrected chi connectivity index (χ2v) is 7.70. The fraction of sp³-hybridized carbons (Fsp3) is 0.650. The summed E-state index contributed by atoms with van der Waals surface area (Å²) in [5.41, 5.74) is 0.553. The Morgan fingerprint density at radius 3 is 2.77 bits per heavy atom. The predicted molar refractivity (Wildman–Crippen MR) is 94.0 cm³/mol. The van der Waals surface area contributed by atoms with E-state index >= 15 is 0 Å². The van der Waals surface area contributed by atoms with Crippen molar-refractivity contribution in [3.63, 3.8) is 0 Å². The van der Waals surface area contributed by atoms with Crippen molar-refractivity contribution in [3.8, 4) is 0 Å². The van der Waals surface area contributed by atoms with Crippen LogP contribution in [0.4, 0.5) is 0 Å². The number of amides is 1. The Hall–Kier alpha value is -1.95. The summed E-state index contributed by atoms with van der Waals surface area (Å²) in [4.78, 5) is 30.9. The Bertz CT molecular complexity index is 649. The van der Waals surface area contributed by atoms with Crippen LogP contribution in [0.2, 0.25) is 0 Å². The van der Waals surface area contributed by atoms with E-state index in [4.69, 9.17) is 9.47 Å². The van der Waals surface area contributed by atoms with Gasteiger partial charge in [-0.15, -0.1) is 0 Å². The second-order valence-electron chi connectivity index (χ2n) is 7.70. The highest BCUT2D eigenvalue weighted by Gasteiger charge is 2.54. The van der Waals surface area contributed by atoms with Crippen LogP contribution in [0.25, 0.3) is 0 Å². The van der Waals surface area contributed by atoms with Crippen LogP contribution in [0.5, 0.6) is 0 Å². The first kappa shape index (κ1) is 17.5. The number of esters is 1. The summed E-state index contributed by atoms with van der Waals surface area (Å²) in [7, 11) is 0. The third-order valence-electron chi connectivity index (χ3n) is 6.03. The summed E-state index contributed by atoms with van der Waals surface area (Å²) in [6, 6.07) is 3.91. The molecule has 4 rings (SSSR count). The van der Waals surface area contributed by atoms with Gasteiger partial charge in [-0.3, -0.25) is 14.6 Å². The van der Waals surface area contributed by atoms with Crippen molar-refractivity contribution in [3.05, 3.63) is 30.1 Å². The van der Waals surface area contributed by atoms with Crippen molar-refractivity contribution in [2.24, 2.45) is 5.92 Å². The molecular formula is C20H26N2O4. The highest BCUT2D eigenvalue weighted by Crippen LogP contribution is 2.46. The smallest absolute Gasteiger partial charge is 0.307 e. The van der Waals surface area contributed by atoms with E-state index in [2.05, 4.69) is 4.98 Å². The van der Waals surface area contributed by atoms with Gasteiger partial charge in [-0.1, -0.05) is 6.07 Å². The number of carbonyl (C=O) groups is 2. The molecule has 1 saturated carbocycles. The minimum atomic E-state index is -0.512. The van der Waals surface area contributed by atoms with Crippen LogP contribution in [0, 0.1) is 5.92 Å². The molecule has 1 aromatic heterocycles. The molecule has 3 aliphatic rings. The van der Waals surface area contributed by atoms with Gasteiger partial charge in [0.15, 0.2) is 0 Å². The first-order valence-corrected chi connectivity index (χ1v) is 9.67. The van der Waals surface area contributed by atoms with Gasteiger partial charge in [-0.25, -0.2) is 0 Å². The Kier molecular flexibility index (Phi) is 4.94. The van der Waals surface area contributed by atoms with E-state index in [0.717, 1.165) is 44.1 Å². The molecule has 1 atom stereocenters. The first-order chi connectivity index (χ1) is 12.7. The van der Waals surface area contributed by atoms with Gasteiger partial charge >= 0.3 is 5.97 Å². The minimum Gasteiger partial charge on any atom is -0.458 e. The summed E-state index contributed by atoms with van der Waals surface area (Å²) < 4.78 is 11.6. The minimum absolute atomic E-state index is 0.100. The van der Waals surface area contributed by atoms with Crippen LogP contribution in [-0.2, 0) is 25.7 Å². The van der Waals surface area contributed by atoms with Crippen molar-refractivity contribution in [2.45, 2.75) is 63.3 Å². The van der Waals surface area contributed by atoms with Crippen LogP contribution in [0.1, 0.15) is 50.5 Å². The van der Waals surface area contributed by atoms with Crippen molar-refractivity contribution in [1.82, 2.24) is 9.88 Å². The van der Waals surface area contributed by atoms with Gasteiger partial charge < -0.3 is 14.4 Å². The summed E-state index contributed by atoms with van der Waals surface area (Å²) in [5.74, 6) is -0.395. The molecule has 1 aromatic rings. The van der Waals surface area contributed by atoms with E-state index in [-0.39, 0.29) is 30.3 Å². The quantitative estimate of drug-likeness (QED) is 0.774. The number of piperidine rings is 1. The van der Waals surface area contributed by atoms with Gasteiger partial charge in [0.25, 0.3) is 0 Å². The molecule has 2 saturated heterocycles. The molecule has 0 radical (unpaired) electrons. The molecule has 2 aliphatic heterocycles. The van der Waals surface area contributed by atoms with Gasteiger partial charge in [-0.2, -0.15) is 0 Å². The van der Waals surface area contributed by atoms with E-state index in [9.17, 15) is 9.59 Å². The van der Waals surface area contributed by atoms with Gasteiger partial charge in [0.1, 0.15) is 5.60 Å². The Labute approximate surface area is 153 Å². The third-order valence-corrected chi connectivity index (χ3v) is 6.03. The lowest BCUT2D eigenvalue weighted by molar-refractivity contribution is -0.152. The maximum absolute atomic E-state index is 13.0. The molecular weight excluding hydrogens is 332 g/mol. The number of rotatable bonds is 4. The molecule has 6 nitrogen and oxygen atoms in total. The lowest BCUT2D eigenvalue weighted by atomic mass is 9.84. The van der Waals surface area contributed by atoms with E-state index in [1.54, 1.807) is 6.20 Å². The molecule has 3 fully saturated rings.